The highest BCUT2D eigenvalue weighted by molar-refractivity contribution is 6.35. The lowest BCUT2D eigenvalue weighted by molar-refractivity contribution is 0.174. The predicted octanol–water partition coefficient (Wildman–Crippen LogP) is 5.40. The van der Waals surface area contributed by atoms with Crippen molar-refractivity contribution in [1.82, 2.24) is 5.32 Å². The summed E-state index contributed by atoms with van der Waals surface area (Å²) >= 11 is 12.2. The molecule has 0 heterocycles. The zero-order valence-corrected chi connectivity index (χ0v) is 17.6. The van der Waals surface area contributed by atoms with E-state index in [1.165, 1.54) is 0 Å². The topological polar surface area (TPSA) is 50.7 Å². The maximum atomic E-state index is 10.3. The van der Waals surface area contributed by atoms with E-state index in [-0.39, 0.29) is 6.61 Å². The van der Waals surface area contributed by atoms with Gasteiger partial charge in [0.05, 0.1) is 13.2 Å². The van der Waals surface area contributed by atoms with Crippen molar-refractivity contribution in [1.29, 1.82) is 0 Å². The van der Waals surface area contributed by atoms with E-state index >= 15 is 0 Å². The third-order valence-corrected chi connectivity index (χ3v) is 5.09. The third-order valence-electron chi connectivity index (χ3n) is 4.50. The van der Waals surface area contributed by atoms with Gasteiger partial charge in [0.25, 0.3) is 0 Å². The van der Waals surface area contributed by atoms with Crippen LogP contribution in [0.4, 0.5) is 0 Å². The van der Waals surface area contributed by atoms with Crippen molar-refractivity contribution in [2.75, 3.05) is 13.7 Å². The van der Waals surface area contributed by atoms with Crippen LogP contribution in [0.2, 0.25) is 10.0 Å². The molecule has 0 aliphatic rings. The minimum atomic E-state index is -0.584. The second-order valence-corrected chi connectivity index (χ2v) is 7.37. The molecule has 0 aromatic heterocycles. The van der Waals surface area contributed by atoms with Crippen molar-refractivity contribution in [3.05, 3.63) is 93.5 Å². The van der Waals surface area contributed by atoms with Crippen LogP contribution < -0.4 is 14.8 Å². The van der Waals surface area contributed by atoms with Crippen LogP contribution >= 0.6 is 23.2 Å². The molecule has 0 amide bonds. The fraction of sp³-hybridized carbons (Fsp3) is 0.217. The summed E-state index contributed by atoms with van der Waals surface area (Å²) in [6, 6.07) is 20.6. The van der Waals surface area contributed by atoms with Crippen LogP contribution in [-0.4, -0.2) is 18.8 Å². The number of nitrogens with one attached hydrogen (secondary N) is 1. The Morgan fingerprint density at radius 3 is 2.48 bits per heavy atom. The molecule has 6 heteroatoms. The van der Waals surface area contributed by atoms with Gasteiger partial charge in [-0.25, -0.2) is 0 Å². The van der Waals surface area contributed by atoms with E-state index in [4.69, 9.17) is 32.7 Å². The van der Waals surface area contributed by atoms with E-state index in [1.54, 1.807) is 19.2 Å². The molecule has 0 saturated heterocycles. The lowest BCUT2D eigenvalue weighted by Gasteiger charge is -2.17. The molecule has 3 rings (SSSR count). The zero-order valence-electron chi connectivity index (χ0n) is 16.1. The van der Waals surface area contributed by atoms with Crippen LogP contribution in [0.25, 0.3) is 0 Å². The van der Waals surface area contributed by atoms with Crippen molar-refractivity contribution in [2.24, 2.45) is 0 Å². The first-order chi connectivity index (χ1) is 14.1. The molecule has 3 aromatic rings. The number of hydrogen-bond donors (Lipinski definition) is 2. The number of halogens is 2. The maximum Gasteiger partial charge on any atom is 0.166 e. The van der Waals surface area contributed by atoms with Gasteiger partial charge in [-0.2, -0.15) is 0 Å². The largest absolute Gasteiger partial charge is 0.493 e. The quantitative estimate of drug-likeness (QED) is 0.475. The van der Waals surface area contributed by atoms with Gasteiger partial charge in [-0.3, -0.25) is 0 Å². The van der Waals surface area contributed by atoms with E-state index in [0.717, 1.165) is 16.7 Å². The number of aliphatic hydroxyl groups excluding tert-OH is 1. The van der Waals surface area contributed by atoms with Gasteiger partial charge in [0.15, 0.2) is 11.5 Å². The molecule has 0 fully saturated rings. The lowest BCUT2D eigenvalue weighted by Crippen LogP contribution is -2.21. The summed E-state index contributed by atoms with van der Waals surface area (Å²) in [5.74, 6) is 1.28. The van der Waals surface area contributed by atoms with Crippen LogP contribution in [0, 0.1) is 0 Å². The Morgan fingerprint density at radius 1 is 0.966 bits per heavy atom. The fourth-order valence-electron chi connectivity index (χ4n) is 2.95. The summed E-state index contributed by atoms with van der Waals surface area (Å²) in [6.07, 6.45) is -0.584. The summed E-state index contributed by atoms with van der Waals surface area (Å²) in [4.78, 5) is 0. The molecule has 29 heavy (non-hydrogen) atoms. The van der Waals surface area contributed by atoms with Gasteiger partial charge < -0.3 is 19.9 Å². The minimum absolute atomic E-state index is 0.288. The van der Waals surface area contributed by atoms with Gasteiger partial charge in [-0.15, -0.1) is 0 Å². The SMILES string of the molecule is COc1cccc(CNC[C@@H](O)c2ccccc2)c1OCc1ccc(Cl)cc1Cl. The van der Waals surface area contributed by atoms with Crippen molar-refractivity contribution in [2.45, 2.75) is 19.3 Å². The molecule has 0 aliphatic carbocycles. The highest BCUT2D eigenvalue weighted by atomic mass is 35.5. The lowest BCUT2D eigenvalue weighted by atomic mass is 10.1. The predicted molar refractivity (Wildman–Crippen MR) is 117 cm³/mol. The Kier molecular flexibility index (Phi) is 7.78. The molecule has 2 N–H and O–H groups in total. The van der Waals surface area contributed by atoms with Crippen molar-refractivity contribution < 1.29 is 14.6 Å². The molecule has 0 bridgehead atoms. The van der Waals surface area contributed by atoms with Crippen LogP contribution in [0.3, 0.4) is 0 Å². The highest BCUT2D eigenvalue weighted by Gasteiger charge is 2.13. The van der Waals surface area contributed by atoms with Gasteiger partial charge in [0.2, 0.25) is 0 Å². The van der Waals surface area contributed by atoms with Gasteiger partial charge in [0, 0.05) is 34.3 Å². The van der Waals surface area contributed by atoms with Gasteiger partial charge in [-0.05, 0) is 23.8 Å². The van der Waals surface area contributed by atoms with Crippen molar-refractivity contribution in [3.63, 3.8) is 0 Å². The van der Waals surface area contributed by atoms with Gasteiger partial charge >= 0.3 is 0 Å². The summed E-state index contributed by atoms with van der Waals surface area (Å²) in [7, 11) is 1.60. The number of rotatable bonds is 9. The van der Waals surface area contributed by atoms with E-state index in [0.29, 0.717) is 34.6 Å². The first-order valence-corrected chi connectivity index (χ1v) is 10.0. The highest BCUT2D eigenvalue weighted by Crippen LogP contribution is 2.33. The van der Waals surface area contributed by atoms with Crippen LogP contribution in [0.5, 0.6) is 11.5 Å². The number of para-hydroxylation sites is 1. The Morgan fingerprint density at radius 2 is 1.76 bits per heavy atom. The average Bonchev–Trinajstić information content (AvgIpc) is 2.74. The number of hydrogen-bond acceptors (Lipinski definition) is 4. The fourth-order valence-corrected chi connectivity index (χ4v) is 3.41. The second-order valence-electron chi connectivity index (χ2n) is 6.53. The summed E-state index contributed by atoms with van der Waals surface area (Å²) in [6.45, 7) is 1.23. The molecule has 0 spiro atoms. The van der Waals surface area contributed by atoms with E-state index in [2.05, 4.69) is 5.32 Å². The summed E-state index contributed by atoms with van der Waals surface area (Å²) in [5.41, 5.74) is 2.63. The summed E-state index contributed by atoms with van der Waals surface area (Å²) < 4.78 is 11.5. The van der Waals surface area contributed by atoms with Gasteiger partial charge in [-0.1, -0.05) is 71.7 Å². The maximum absolute atomic E-state index is 10.3. The third kappa shape index (κ3) is 5.87. The first kappa shape index (κ1) is 21.5. The number of ether oxygens (including phenoxy) is 2. The number of aliphatic hydroxyl groups is 1. The molecule has 1 atom stereocenters. The van der Waals surface area contributed by atoms with E-state index in [9.17, 15) is 5.11 Å². The molecule has 4 nitrogen and oxygen atoms in total. The Balaban J connectivity index is 1.67. The Bertz CT molecular complexity index is 935. The minimum Gasteiger partial charge on any atom is -0.493 e. The van der Waals surface area contributed by atoms with Gasteiger partial charge in [0.1, 0.15) is 6.61 Å². The van der Waals surface area contributed by atoms with Crippen LogP contribution in [0.15, 0.2) is 66.7 Å². The number of methoxy groups -OCH3 is 1. The smallest absolute Gasteiger partial charge is 0.166 e. The van der Waals surface area contributed by atoms with Crippen molar-refractivity contribution >= 4 is 23.2 Å². The zero-order chi connectivity index (χ0) is 20.6. The standard InChI is InChI=1S/C23H23Cl2NO3/c1-28-22-9-5-8-17(13-26-14-21(27)16-6-3-2-4-7-16)23(22)29-15-18-10-11-19(24)12-20(18)25/h2-12,21,26-27H,13-15H2,1H3/t21-/m1/s1. The monoisotopic (exact) mass is 431 g/mol. The molecular formula is C23H23Cl2NO3. The summed E-state index contributed by atoms with van der Waals surface area (Å²) in [5, 5.41) is 14.7. The molecule has 3 aromatic carbocycles. The molecule has 0 saturated carbocycles. The second kappa shape index (κ2) is 10.5. The molecular weight excluding hydrogens is 409 g/mol. The Hall–Kier alpha value is -2.24. The molecule has 0 unspecified atom stereocenters. The molecule has 0 aliphatic heterocycles. The van der Waals surface area contributed by atoms with Crippen molar-refractivity contribution in [3.8, 4) is 11.5 Å². The normalized spacial score (nSPS) is 11.9. The first-order valence-electron chi connectivity index (χ1n) is 9.25. The molecule has 152 valence electrons. The Labute approximate surface area is 181 Å². The van der Waals surface area contributed by atoms with E-state index < -0.39 is 6.10 Å². The number of benzene rings is 3. The average molecular weight is 432 g/mol. The molecule has 0 radical (unpaired) electrons. The van der Waals surface area contributed by atoms with Crippen LogP contribution in [-0.2, 0) is 13.2 Å². The van der Waals surface area contributed by atoms with Crippen LogP contribution in [0.1, 0.15) is 22.8 Å². The van der Waals surface area contributed by atoms with E-state index in [1.807, 2.05) is 54.6 Å².